The monoisotopic (exact) mass is 279 g/mol. The van der Waals surface area contributed by atoms with Gasteiger partial charge in [0.25, 0.3) is 0 Å². The molecule has 0 aromatic heterocycles. The number of halogens is 1. The van der Waals surface area contributed by atoms with E-state index in [2.05, 4.69) is 4.90 Å². The van der Waals surface area contributed by atoms with Crippen LogP contribution in [0.4, 0.5) is 4.39 Å². The summed E-state index contributed by atoms with van der Waals surface area (Å²) < 4.78 is 13.6. The Bertz CT molecular complexity index is 466. The normalized spacial score (nSPS) is 19.2. The van der Waals surface area contributed by atoms with Crippen molar-refractivity contribution in [2.45, 2.75) is 13.0 Å². The van der Waals surface area contributed by atoms with E-state index in [0.717, 1.165) is 19.5 Å². The van der Waals surface area contributed by atoms with Crippen molar-refractivity contribution in [3.63, 3.8) is 0 Å². The van der Waals surface area contributed by atoms with Gasteiger partial charge in [0, 0.05) is 25.7 Å². The van der Waals surface area contributed by atoms with Crippen LogP contribution in [0.15, 0.2) is 24.3 Å². The van der Waals surface area contributed by atoms with Crippen molar-refractivity contribution in [3.05, 3.63) is 35.6 Å². The highest BCUT2D eigenvalue weighted by atomic mass is 19.1. The molecule has 0 aliphatic carbocycles. The van der Waals surface area contributed by atoms with Crippen molar-refractivity contribution in [2.75, 3.05) is 33.2 Å². The van der Waals surface area contributed by atoms with Crippen LogP contribution in [0.1, 0.15) is 12.0 Å². The van der Waals surface area contributed by atoms with Gasteiger partial charge < -0.3 is 10.6 Å². The van der Waals surface area contributed by atoms with E-state index in [9.17, 15) is 9.18 Å². The Labute approximate surface area is 119 Å². The maximum atomic E-state index is 13.6. The SMILES string of the molecule is CN(Cc1ccccc1F)C(=O)CN1CCC(CN)C1. The number of nitrogens with zero attached hydrogens (tertiary/aromatic N) is 2. The third kappa shape index (κ3) is 3.77. The molecule has 0 spiro atoms. The number of carbonyl (C=O) groups is 1. The molecule has 20 heavy (non-hydrogen) atoms. The standard InChI is InChI=1S/C15H22FN3O/c1-18(10-13-4-2-3-5-14(13)16)15(20)11-19-7-6-12(8-17)9-19/h2-5,12H,6-11,17H2,1H3. The summed E-state index contributed by atoms with van der Waals surface area (Å²) >= 11 is 0. The molecular weight excluding hydrogens is 257 g/mol. The van der Waals surface area contributed by atoms with Gasteiger partial charge in [-0.2, -0.15) is 0 Å². The van der Waals surface area contributed by atoms with E-state index >= 15 is 0 Å². The number of carbonyl (C=O) groups excluding carboxylic acids is 1. The minimum atomic E-state index is -0.267. The molecule has 110 valence electrons. The number of hydrogen-bond acceptors (Lipinski definition) is 3. The molecule has 5 heteroatoms. The lowest BCUT2D eigenvalue weighted by Gasteiger charge is -2.22. The molecule has 0 radical (unpaired) electrons. The first-order valence-electron chi connectivity index (χ1n) is 7.00. The zero-order valence-electron chi connectivity index (χ0n) is 11.9. The Hall–Kier alpha value is -1.46. The summed E-state index contributed by atoms with van der Waals surface area (Å²) in [6, 6.07) is 6.56. The van der Waals surface area contributed by atoms with Gasteiger partial charge in [-0.05, 0) is 31.5 Å². The summed E-state index contributed by atoms with van der Waals surface area (Å²) in [7, 11) is 1.71. The van der Waals surface area contributed by atoms with Gasteiger partial charge in [0.05, 0.1) is 6.54 Å². The molecule has 1 fully saturated rings. The molecule has 1 aromatic carbocycles. The predicted octanol–water partition coefficient (Wildman–Crippen LogP) is 1.06. The van der Waals surface area contributed by atoms with Gasteiger partial charge in [-0.25, -0.2) is 4.39 Å². The lowest BCUT2D eigenvalue weighted by atomic mass is 10.1. The third-order valence-corrected chi connectivity index (χ3v) is 3.85. The second kappa shape index (κ2) is 6.81. The van der Waals surface area contributed by atoms with Crippen LogP contribution in [0.2, 0.25) is 0 Å². The van der Waals surface area contributed by atoms with E-state index in [-0.39, 0.29) is 11.7 Å². The van der Waals surface area contributed by atoms with Gasteiger partial charge in [-0.1, -0.05) is 18.2 Å². The van der Waals surface area contributed by atoms with Gasteiger partial charge in [-0.3, -0.25) is 9.69 Å². The van der Waals surface area contributed by atoms with Gasteiger partial charge in [0.1, 0.15) is 5.82 Å². The Balaban J connectivity index is 1.85. The summed E-state index contributed by atoms with van der Waals surface area (Å²) in [6.07, 6.45) is 1.06. The molecule has 1 atom stereocenters. The van der Waals surface area contributed by atoms with Crippen LogP contribution < -0.4 is 5.73 Å². The van der Waals surface area contributed by atoms with Crippen LogP contribution in [0.5, 0.6) is 0 Å². The maximum absolute atomic E-state index is 13.6. The molecule has 1 unspecified atom stereocenters. The fourth-order valence-electron chi connectivity index (χ4n) is 2.53. The number of benzene rings is 1. The molecule has 4 nitrogen and oxygen atoms in total. The van der Waals surface area contributed by atoms with Crippen LogP contribution in [-0.4, -0.2) is 48.9 Å². The van der Waals surface area contributed by atoms with E-state index in [4.69, 9.17) is 5.73 Å². The average Bonchev–Trinajstić information content (AvgIpc) is 2.89. The highest BCUT2D eigenvalue weighted by molar-refractivity contribution is 5.78. The van der Waals surface area contributed by atoms with Gasteiger partial charge in [0.2, 0.25) is 5.91 Å². The van der Waals surface area contributed by atoms with Crippen LogP contribution >= 0.6 is 0 Å². The molecule has 1 aliphatic rings. The van der Waals surface area contributed by atoms with E-state index in [1.807, 2.05) is 0 Å². The van der Waals surface area contributed by atoms with Gasteiger partial charge in [0.15, 0.2) is 0 Å². The lowest BCUT2D eigenvalue weighted by molar-refractivity contribution is -0.131. The van der Waals surface area contributed by atoms with Crippen molar-refractivity contribution >= 4 is 5.91 Å². The fourth-order valence-corrected chi connectivity index (χ4v) is 2.53. The highest BCUT2D eigenvalue weighted by Gasteiger charge is 2.24. The van der Waals surface area contributed by atoms with E-state index in [1.54, 1.807) is 30.1 Å². The van der Waals surface area contributed by atoms with Crippen LogP contribution in [0.25, 0.3) is 0 Å². The van der Waals surface area contributed by atoms with Crippen LogP contribution in [0.3, 0.4) is 0 Å². The maximum Gasteiger partial charge on any atom is 0.236 e. The molecule has 1 saturated heterocycles. The summed E-state index contributed by atoms with van der Waals surface area (Å²) in [6.45, 7) is 3.17. The average molecular weight is 279 g/mol. The molecule has 1 amide bonds. The summed E-state index contributed by atoms with van der Waals surface area (Å²) in [5.74, 6) is 0.252. The van der Waals surface area contributed by atoms with Gasteiger partial charge in [-0.15, -0.1) is 0 Å². The quantitative estimate of drug-likeness (QED) is 0.877. The zero-order valence-corrected chi connectivity index (χ0v) is 11.9. The van der Waals surface area contributed by atoms with E-state index < -0.39 is 0 Å². The Morgan fingerprint density at radius 1 is 1.50 bits per heavy atom. The number of nitrogens with two attached hydrogens (primary N) is 1. The number of likely N-dealkylation sites (N-methyl/N-ethyl adjacent to an activating group) is 1. The molecule has 0 bridgehead atoms. The van der Waals surface area contributed by atoms with Crippen molar-refractivity contribution < 1.29 is 9.18 Å². The molecule has 1 heterocycles. The summed E-state index contributed by atoms with van der Waals surface area (Å²) in [5, 5.41) is 0. The molecule has 1 aliphatic heterocycles. The minimum Gasteiger partial charge on any atom is -0.340 e. The van der Waals surface area contributed by atoms with Crippen molar-refractivity contribution in [1.82, 2.24) is 9.80 Å². The number of hydrogen-bond donors (Lipinski definition) is 1. The van der Waals surface area contributed by atoms with Crippen molar-refractivity contribution in [2.24, 2.45) is 11.7 Å². The highest BCUT2D eigenvalue weighted by Crippen LogP contribution is 2.15. The number of likely N-dealkylation sites (tertiary alicyclic amines) is 1. The van der Waals surface area contributed by atoms with Crippen molar-refractivity contribution in [3.8, 4) is 0 Å². The summed E-state index contributed by atoms with van der Waals surface area (Å²) in [4.78, 5) is 15.8. The molecular formula is C15H22FN3O. The van der Waals surface area contributed by atoms with Gasteiger partial charge >= 0.3 is 0 Å². The Morgan fingerprint density at radius 2 is 2.25 bits per heavy atom. The first-order chi connectivity index (χ1) is 9.60. The molecule has 2 N–H and O–H groups in total. The third-order valence-electron chi connectivity index (χ3n) is 3.85. The van der Waals surface area contributed by atoms with Crippen molar-refractivity contribution in [1.29, 1.82) is 0 Å². The summed E-state index contributed by atoms with van der Waals surface area (Å²) in [5.41, 5.74) is 6.19. The first-order valence-corrected chi connectivity index (χ1v) is 7.00. The second-order valence-electron chi connectivity index (χ2n) is 5.47. The lowest BCUT2D eigenvalue weighted by Crippen LogP contribution is -2.37. The van der Waals surface area contributed by atoms with Crippen LogP contribution in [0, 0.1) is 11.7 Å². The topological polar surface area (TPSA) is 49.6 Å². The number of amides is 1. The molecule has 1 aromatic rings. The smallest absolute Gasteiger partial charge is 0.236 e. The first kappa shape index (κ1) is 14.9. The van der Waals surface area contributed by atoms with E-state index in [1.165, 1.54) is 6.07 Å². The number of rotatable bonds is 5. The minimum absolute atomic E-state index is 0.0194. The fraction of sp³-hybridized carbons (Fsp3) is 0.533. The zero-order chi connectivity index (χ0) is 14.5. The Morgan fingerprint density at radius 3 is 2.90 bits per heavy atom. The molecule has 0 saturated carbocycles. The Kier molecular flexibility index (Phi) is 5.09. The van der Waals surface area contributed by atoms with E-state index in [0.29, 0.717) is 31.1 Å². The molecule has 2 rings (SSSR count). The predicted molar refractivity (Wildman–Crippen MR) is 76.5 cm³/mol. The second-order valence-corrected chi connectivity index (χ2v) is 5.47. The largest absolute Gasteiger partial charge is 0.340 e. The van der Waals surface area contributed by atoms with Crippen LogP contribution in [-0.2, 0) is 11.3 Å².